The molecule has 0 radical (unpaired) electrons. The predicted molar refractivity (Wildman–Crippen MR) is 74.0 cm³/mol. The third kappa shape index (κ3) is 5.29. The van der Waals surface area contributed by atoms with Crippen molar-refractivity contribution in [2.24, 2.45) is 5.73 Å². The average Bonchev–Trinajstić information content (AvgIpc) is 2.32. The minimum atomic E-state index is -0.556. The van der Waals surface area contributed by atoms with Crippen LogP contribution in [0, 0.1) is 0 Å². The van der Waals surface area contributed by atoms with Crippen molar-refractivity contribution in [1.82, 2.24) is 5.32 Å². The minimum absolute atomic E-state index is 0.151. The second kappa shape index (κ2) is 7.13. The Morgan fingerprint density at radius 1 is 1.33 bits per heavy atom. The number of carbonyl (C=O) groups excluding carboxylic acids is 2. The molecule has 18 heavy (non-hydrogen) atoms. The number of nitrogens with two attached hydrogens (primary N) is 1. The summed E-state index contributed by atoms with van der Waals surface area (Å²) in [5, 5.41) is 5.31. The first kappa shape index (κ1) is 14.7. The van der Waals surface area contributed by atoms with Gasteiger partial charge in [0.1, 0.15) is 0 Å². The summed E-state index contributed by atoms with van der Waals surface area (Å²) in [7, 11) is 0. The number of hydrogen-bond donors (Lipinski definition) is 3. The Hall–Kier alpha value is -1.40. The van der Waals surface area contributed by atoms with Gasteiger partial charge in [-0.25, -0.2) is 0 Å². The van der Waals surface area contributed by atoms with Gasteiger partial charge in [0, 0.05) is 23.1 Å². The highest BCUT2D eigenvalue weighted by Crippen LogP contribution is 2.14. The van der Waals surface area contributed by atoms with Gasteiger partial charge in [-0.15, -0.1) is 0 Å². The summed E-state index contributed by atoms with van der Waals surface area (Å²) < 4.78 is 0.949. The molecule has 0 saturated heterocycles. The Balaban J connectivity index is 2.30. The molecule has 0 bridgehead atoms. The standard InChI is InChI=1S/C12H16BrN3O2/c1-8(14)12(18)15-7-6-11(17)16-10-4-2-9(13)3-5-10/h2-5,8H,6-7,14H2,1H3,(H,15,18)(H,16,17)/t8-/m1/s1. The lowest BCUT2D eigenvalue weighted by atomic mass is 10.3. The van der Waals surface area contributed by atoms with E-state index in [2.05, 4.69) is 26.6 Å². The summed E-state index contributed by atoms with van der Waals surface area (Å²) in [6.07, 6.45) is 0.217. The van der Waals surface area contributed by atoms with Crippen LogP contribution in [0.5, 0.6) is 0 Å². The van der Waals surface area contributed by atoms with Crippen molar-refractivity contribution < 1.29 is 9.59 Å². The zero-order valence-electron chi connectivity index (χ0n) is 10.1. The van der Waals surface area contributed by atoms with Crippen LogP contribution in [0.3, 0.4) is 0 Å². The van der Waals surface area contributed by atoms with Crippen LogP contribution in [0.1, 0.15) is 13.3 Å². The monoisotopic (exact) mass is 313 g/mol. The average molecular weight is 314 g/mol. The van der Waals surface area contributed by atoms with Gasteiger partial charge in [0.05, 0.1) is 6.04 Å². The van der Waals surface area contributed by atoms with E-state index >= 15 is 0 Å². The summed E-state index contributed by atoms with van der Waals surface area (Å²) >= 11 is 3.31. The summed E-state index contributed by atoms with van der Waals surface area (Å²) in [4.78, 5) is 22.7. The highest BCUT2D eigenvalue weighted by atomic mass is 79.9. The van der Waals surface area contributed by atoms with Crippen molar-refractivity contribution in [1.29, 1.82) is 0 Å². The molecule has 0 aromatic heterocycles. The van der Waals surface area contributed by atoms with E-state index in [0.717, 1.165) is 10.2 Å². The van der Waals surface area contributed by atoms with Crippen molar-refractivity contribution in [3.8, 4) is 0 Å². The number of amides is 2. The molecule has 0 spiro atoms. The van der Waals surface area contributed by atoms with E-state index in [-0.39, 0.29) is 24.8 Å². The number of rotatable bonds is 5. The molecule has 1 aromatic rings. The maximum atomic E-state index is 11.5. The van der Waals surface area contributed by atoms with E-state index in [1.807, 2.05) is 12.1 Å². The Labute approximate surface area is 114 Å². The van der Waals surface area contributed by atoms with Gasteiger partial charge in [-0.3, -0.25) is 9.59 Å². The fraction of sp³-hybridized carbons (Fsp3) is 0.333. The highest BCUT2D eigenvalue weighted by molar-refractivity contribution is 9.10. The lowest BCUT2D eigenvalue weighted by molar-refractivity contribution is -0.122. The van der Waals surface area contributed by atoms with Crippen LogP contribution in [0.15, 0.2) is 28.7 Å². The van der Waals surface area contributed by atoms with Gasteiger partial charge in [0.15, 0.2) is 0 Å². The predicted octanol–water partition coefficient (Wildman–Crippen LogP) is 1.24. The lowest BCUT2D eigenvalue weighted by Gasteiger charge is -2.08. The topological polar surface area (TPSA) is 84.2 Å². The zero-order chi connectivity index (χ0) is 13.5. The summed E-state index contributed by atoms with van der Waals surface area (Å²) in [5.74, 6) is -0.409. The first-order valence-corrected chi connectivity index (χ1v) is 6.37. The van der Waals surface area contributed by atoms with Crippen molar-refractivity contribution >= 4 is 33.4 Å². The number of hydrogen-bond acceptors (Lipinski definition) is 3. The van der Waals surface area contributed by atoms with Crippen molar-refractivity contribution in [2.75, 3.05) is 11.9 Å². The van der Waals surface area contributed by atoms with E-state index in [9.17, 15) is 9.59 Å². The molecule has 98 valence electrons. The molecule has 1 aromatic carbocycles. The van der Waals surface area contributed by atoms with Gasteiger partial charge in [0.2, 0.25) is 11.8 Å². The smallest absolute Gasteiger partial charge is 0.236 e. The maximum absolute atomic E-state index is 11.5. The molecule has 0 aliphatic rings. The number of carbonyl (C=O) groups is 2. The number of nitrogens with one attached hydrogen (secondary N) is 2. The third-order valence-corrected chi connectivity index (χ3v) is 2.72. The number of anilines is 1. The molecule has 1 atom stereocenters. The van der Waals surface area contributed by atoms with E-state index in [1.54, 1.807) is 19.1 Å². The van der Waals surface area contributed by atoms with Crippen LogP contribution < -0.4 is 16.4 Å². The highest BCUT2D eigenvalue weighted by Gasteiger charge is 2.07. The van der Waals surface area contributed by atoms with Gasteiger partial charge >= 0.3 is 0 Å². The van der Waals surface area contributed by atoms with E-state index in [4.69, 9.17) is 5.73 Å². The quantitative estimate of drug-likeness (QED) is 0.764. The fourth-order valence-corrected chi connectivity index (χ4v) is 1.48. The second-order valence-electron chi connectivity index (χ2n) is 3.88. The van der Waals surface area contributed by atoms with Crippen LogP contribution in [-0.4, -0.2) is 24.4 Å². The summed E-state index contributed by atoms with van der Waals surface area (Å²) in [6.45, 7) is 1.87. The molecular weight excluding hydrogens is 298 g/mol. The largest absolute Gasteiger partial charge is 0.354 e. The summed E-state index contributed by atoms with van der Waals surface area (Å²) in [6, 6.07) is 6.71. The Bertz CT molecular complexity index is 418. The first-order chi connectivity index (χ1) is 8.49. The maximum Gasteiger partial charge on any atom is 0.236 e. The van der Waals surface area contributed by atoms with Crippen LogP contribution >= 0.6 is 15.9 Å². The van der Waals surface area contributed by atoms with Crippen LogP contribution in [0.4, 0.5) is 5.69 Å². The van der Waals surface area contributed by atoms with Crippen molar-refractivity contribution in [3.63, 3.8) is 0 Å². The lowest BCUT2D eigenvalue weighted by Crippen LogP contribution is -2.39. The zero-order valence-corrected chi connectivity index (χ0v) is 11.7. The SMILES string of the molecule is C[C@@H](N)C(=O)NCCC(=O)Nc1ccc(Br)cc1. The molecule has 0 unspecified atom stereocenters. The molecule has 5 nitrogen and oxygen atoms in total. The molecule has 0 aliphatic heterocycles. The summed E-state index contributed by atoms with van der Waals surface area (Å²) in [5.41, 5.74) is 6.10. The number of benzene rings is 1. The number of halogens is 1. The van der Waals surface area contributed by atoms with Crippen LogP contribution in [0.25, 0.3) is 0 Å². The Kier molecular flexibility index (Phi) is 5.80. The first-order valence-electron chi connectivity index (χ1n) is 5.58. The molecule has 0 saturated carbocycles. The Morgan fingerprint density at radius 3 is 2.50 bits per heavy atom. The molecule has 0 aliphatic carbocycles. The van der Waals surface area contributed by atoms with Gasteiger partial charge in [-0.05, 0) is 31.2 Å². The molecule has 0 heterocycles. The van der Waals surface area contributed by atoms with Crippen LogP contribution in [0.2, 0.25) is 0 Å². The fourth-order valence-electron chi connectivity index (χ4n) is 1.22. The van der Waals surface area contributed by atoms with Gasteiger partial charge in [0.25, 0.3) is 0 Å². The van der Waals surface area contributed by atoms with Gasteiger partial charge < -0.3 is 16.4 Å². The molecule has 0 fully saturated rings. The third-order valence-electron chi connectivity index (χ3n) is 2.19. The van der Waals surface area contributed by atoms with E-state index in [1.165, 1.54) is 0 Å². The normalized spacial score (nSPS) is 11.7. The molecule has 6 heteroatoms. The molecular formula is C12H16BrN3O2. The van der Waals surface area contributed by atoms with Crippen molar-refractivity contribution in [2.45, 2.75) is 19.4 Å². The van der Waals surface area contributed by atoms with E-state index < -0.39 is 6.04 Å². The second-order valence-corrected chi connectivity index (χ2v) is 4.80. The minimum Gasteiger partial charge on any atom is -0.354 e. The van der Waals surface area contributed by atoms with Crippen molar-refractivity contribution in [3.05, 3.63) is 28.7 Å². The molecule has 2 amide bonds. The van der Waals surface area contributed by atoms with E-state index in [0.29, 0.717) is 0 Å². The molecule has 1 rings (SSSR count). The van der Waals surface area contributed by atoms with Gasteiger partial charge in [-0.2, -0.15) is 0 Å². The Morgan fingerprint density at radius 2 is 1.94 bits per heavy atom. The molecule has 4 N–H and O–H groups in total. The van der Waals surface area contributed by atoms with Gasteiger partial charge in [-0.1, -0.05) is 15.9 Å². The van der Waals surface area contributed by atoms with Crippen LogP contribution in [-0.2, 0) is 9.59 Å².